The maximum Gasteiger partial charge on any atom is 0.258 e. The first-order chi connectivity index (χ1) is 11.2. The number of para-hydroxylation sites is 1. The van der Waals surface area contributed by atoms with E-state index in [1.165, 1.54) is 0 Å². The third kappa shape index (κ3) is 2.66. The van der Waals surface area contributed by atoms with Crippen molar-refractivity contribution < 1.29 is 4.42 Å². The second-order valence-corrected chi connectivity index (χ2v) is 5.95. The average Bonchev–Trinajstić information content (AvgIpc) is 3.17. The Hall–Kier alpha value is -2.47. The summed E-state index contributed by atoms with van der Waals surface area (Å²) in [6, 6.07) is 7.56. The third-order valence-electron chi connectivity index (χ3n) is 4.34. The highest BCUT2D eigenvalue weighted by molar-refractivity contribution is 5.77. The molecule has 1 N–H and O–H groups in total. The maximum atomic E-state index is 12.3. The van der Waals surface area contributed by atoms with E-state index in [2.05, 4.69) is 19.9 Å². The number of oxazole rings is 1. The third-order valence-corrected chi connectivity index (χ3v) is 4.34. The van der Waals surface area contributed by atoms with Gasteiger partial charge in [0, 0.05) is 13.5 Å². The van der Waals surface area contributed by atoms with Gasteiger partial charge in [0.05, 0.1) is 22.6 Å². The van der Waals surface area contributed by atoms with E-state index in [-0.39, 0.29) is 11.6 Å². The molecule has 1 fully saturated rings. The van der Waals surface area contributed by atoms with Crippen LogP contribution in [0.25, 0.3) is 10.9 Å². The number of nitrogens with zero attached hydrogens (tertiary/aromatic N) is 3. The van der Waals surface area contributed by atoms with E-state index in [4.69, 9.17) is 4.42 Å². The normalized spacial score (nSPS) is 18.7. The van der Waals surface area contributed by atoms with E-state index in [1.807, 2.05) is 25.1 Å². The molecule has 1 atom stereocenters. The highest BCUT2D eigenvalue weighted by atomic mass is 16.3. The van der Waals surface area contributed by atoms with Crippen LogP contribution in [0.1, 0.15) is 36.3 Å². The Bertz CT molecular complexity index is 899. The molecule has 0 spiro atoms. The second kappa shape index (κ2) is 5.62. The van der Waals surface area contributed by atoms with Gasteiger partial charge in [-0.2, -0.15) is 0 Å². The smallest absolute Gasteiger partial charge is 0.258 e. The lowest BCUT2D eigenvalue weighted by atomic mass is 10.2. The Kier molecular flexibility index (Phi) is 3.46. The summed E-state index contributed by atoms with van der Waals surface area (Å²) in [6.45, 7) is 3.51. The van der Waals surface area contributed by atoms with Gasteiger partial charge in [-0.15, -0.1) is 0 Å². The van der Waals surface area contributed by atoms with E-state index in [0.717, 1.165) is 36.4 Å². The predicted octanol–water partition coefficient (Wildman–Crippen LogP) is 2.56. The van der Waals surface area contributed by atoms with Crippen LogP contribution in [0.3, 0.4) is 0 Å². The summed E-state index contributed by atoms with van der Waals surface area (Å²) in [6.07, 6.45) is 3.76. The van der Waals surface area contributed by atoms with Crippen molar-refractivity contribution in [2.24, 2.45) is 0 Å². The van der Waals surface area contributed by atoms with Crippen LogP contribution < -0.4 is 5.56 Å². The molecule has 1 aliphatic rings. The molecule has 1 aromatic carbocycles. The van der Waals surface area contributed by atoms with E-state index < -0.39 is 0 Å². The van der Waals surface area contributed by atoms with Crippen LogP contribution in [0, 0.1) is 6.92 Å². The van der Waals surface area contributed by atoms with Crippen LogP contribution in [0.5, 0.6) is 0 Å². The van der Waals surface area contributed by atoms with E-state index >= 15 is 0 Å². The van der Waals surface area contributed by atoms with Gasteiger partial charge in [-0.05, 0) is 31.5 Å². The zero-order valence-corrected chi connectivity index (χ0v) is 13.0. The highest BCUT2D eigenvalue weighted by Crippen LogP contribution is 2.31. The van der Waals surface area contributed by atoms with Crippen LogP contribution in [0.4, 0.5) is 0 Å². The number of fused-ring (bicyclic) bond motifs is 1. The number of rotatable bonds is 3. The van der Waals surface area contributed by atoms with Crippen molar-refractivity contribution in [2.75, 3.05) is 6.54 Å². The molecule has 0 bridgehead atoms. The summed E-state index contributed by atoms with van der Waals surface area (Å²) in [4.78, 5) is 26.6. The number of likely N-dealkylation sites (tertiary alicyclic amines) is 1. The van der Waals surface area contributed by atoms with Crippen LogP contribution in [-0.2, 0) is 6.54 Å². The van der Waals surface area contributed by atoms with Gasteiger partial charge < -0.3 is 9.40 Å². The highest BCUT2D eigenvalue weighted by Gasteiger charge is 2.29. The van der Waals surface area contributed by atoms with Gasteiger partial charge in [-0.3, -0.25) is 9.69 Å². The minimum Gasteiger partial charge on any atom is -0.449 e. The molecule has 2 aromatic heterocycles. The second-order valence-electron chi connectivity index (χ2n) is 5.95. The van der Waals surface area contributed by atoms with Crippen molar-refractivity contribution in [3.63, 3.8) is 0 Å². The number of hydrogen-bond donors (Lipinski definition) is 1. The number of nitrogens with one attached hydrogen (secondary N) is 1. The molecule has 6 nitrogen and oxygen atoms in total. The standard InChI is InChI=1S/C17H18N4O2/c1-11-18-12(10-23-11)9-21-8-4-7-15(21)16-19-14-6-3-2-5-13(14)17(22)20-16/h2-3,5-6,10,15H,4,7-9H2,1H3,(H,19,20,22). The number of aromatic nitrogens is 3. The number of H-pyrrole nitrogens is 1. The Balaban J connectivity index is 1.67. The fourth-order valence-electron chi connectivity index (χ4n) is 3.28. The fraction of sp³-hybridized carbons (Fsp3) is 0.353. The maximum absolute atomic E-state index is 12.3. The molecule has 0 aliphatic carbocycles. The summed E-state index contributed by atoms with van der Waals surface area (Å²) in [5.74, 6) is 1.42. The summed E-state index contributed by atoms with van der Waals surface area (Å²) >= 11 is 0. The monoisotopic (exact) mass is 310 g/mol. The number of aromatic amines is 1. The Morgan fingerprint density at radius 2 is 2.22 bits per heavy atom. The number of hydrogen-bond acceptors (Lipinski definition) is 5. The van der Waals surface area contributed by atoms with Gasteiger partial charge in [0.2, 0.25) is 0 Å². The quantitative estimate of drug-likeness (QED) is 0.804. The fourth-order valence-corrected chi connectivity index (χ4v) is 3.28. The number of benzene rings is 1. The van der Waals surface area contributed by atoms with E-state index in [9.17, 15) is 4.79 Å². The molecule has 1 saturated heterocycles. The van der Waals surface area contributed by atoms with Gasteiger partial charge in [-0.1, -0.05) is 12.1 Å². The first-order valence-corrected chi connectivity index (χ1v) is 7.85. The molecule has 0 saturated carbocycles. The molecule has 1 aliphatic heterocycles. The zero-order valence-electron chi connectivity index (χ0n) is 13.0. The molecule has 1 unspecified atom stereocenters. The minimum atomic E-state index is -0.0743. The molecule has 6 heteroatoms. The SMILES string of the molecule is Cc1nc(CN2CCCC2c2nc3ccccc3c(=O)[nH]2)co1. The molecule has 3 aromatic rings. The van der Waals surface area contributed by atoms with Crippen LogP contribution >= 0.6 is 0 Å². The molecule has 23 heavy (non-hydrogen) atoms. The summed E-state index contributed by atoms with van der Waals surface area (Å²) in [5.41, 5.74) is 1.59. The molecule has 0 amide bonds. The van der Waals surface area contributed by atoms with Crippen molar-refractivity contribution in [1.82, 2.24) is 19.9 Å². The summed E-state index contributed by atoms with van der Waals surface area (Å²) in [7, 11) is 0. The van der Waals surface area contributed by atoms with Crippen molar-refractivity contribution in [2.45, 2.75) is 32.4 Å². The van der Waals surface area contributed by atoms with Crippen LogP contribution in [0.15, 0.2) is 39.7 Å². The Morgan fingerprint density at radius 1 is 1.35 bits per heavy atom. The van der Waals surface area contributed by atoms with Crippen LogP contribution in [-0.4, -0.2) is 26.4 Å². The zero-order chi connectivity index (χ0) is 15.8. The van der Waals surface area contributed by atoms with Crippen LogP contribution in [0.2, 0.25) is 0 Å². The average molecular weight is 310 g/mol. The lowest BCUT2D eigenvalue weighted by molar-refractivity contribution is 0.237. The topological polar surface area (TPSA) is 75.0 Å². The molecule has 118 valence electrons. The van der Waals surface area contributed by atoms with Crippen molar-refractivity contribution in [3.8, 4) is 0 Å². The van der Waals surface area contributed by atoms with Gasteiger partial charge >= 0.3 is 0 Å². The lowest BCUT2D eigenvalue weighted by Crippen LogP contribution is -2.26. The van der Waals surface area contributed by atoms with Crippen molar-refractivity contribution in [3.05, 3.63) is 58.3 Å². The minimum absolute atomic E-state index is 0.0743. The molecular weight excluding hydrogens is 292 g/mol. The van der Waals surface area contributed by atoms with E-state index in [0.29, 0.717) is 17.8 Å². The first kappa shape index (κ1) is 14.1. The molecule has 4 rings (SSSR count). The summed E-state index contributed by atoms with van der Waals surface area (Å²) < 4.78 is 5.28. The summed E-state index contributed by atoms with van der Waals surface area (Å²) in [5, 5.41) is 0.632. The van der Waals surface area contributed by atoms with Crippen molar-refractivity contribution in [1.29, 1.82) is 0 Å². The largest absolute Gasteiger partial charge is 0.449 e. The first-order valence-electron chi connectivity index (χ1n) is 7.85. The van der Waals surface area contributed by atoms with Gasteiger partial charge in [0.15, 0.2) is 5.89 Å². The van der Waals surface area contributed by atoms with Gasteiger partial charge in [0.25, 0.3) is 5.56 Å². The van der Waals surface area contributed by atoms with E-state index in [1.54, 1.807) is 12.3 Å². The molecule has 3 heterocycles. The predicted molar refractivity (Wildman–Crippen MR) is 86.0 cm³/mol. The number of aryl methyl sites for hydroxylation is 1. The lowest BCUT2D eigenvalue weighted by Gasteiger charge is -2.22. The van der Waals surface area contributed by atoms with Gasteiger partial charge in [-0.25, -0.2) is 9.97 Å². The molecular formula is C17H18N4O2. The van der Waals surface area contributed by atoms with Gasteiger partial charge in [0.1, 0.15) is 12.1 Å². The van der Waals surface area contributed by atoms with Crippen molar-refractivity contribution >= 4 is 10.9 Å². The Morgan fingerprint density at radius 3 is 3.04 bits per heavy atom. The molecule has 0 radical (unpaired) electrons. The Labute approximate surface area is 133 Å².